The van der Waals surface area contributed by atoms with Gasteiger partial charge in [-0.2, -0.15) is 13.9 Å². The van der Waals surface area contributed by atoms with Gasteiger partial charge in [0.15, 0.2) is 5.65 Å². The Kier molecular flexibility index (Phi) is 1.88. The molecule has 0 bridgehead atoms. The molecule has 3 rings (SSSR count). The second-order valence-electron chi connectivity index (χ2n) is 3.44. The highest BCUT2D eigenvalue weighted by atomic mass is 19.1. The Morgan fingerprint density at radius 2 is 2.18 bits per heavy atom. The first-order valence-corrected chi connectivity index (χ1v) is 4.85. The number of hydrogen-bond donors (Lipinski definition) is 1. The van der Waals surface area contributed by atoms with Gasteiger partial charge in [0.25, 0.3) is 0 Å². The molecule has 2 N–H and O–H groups in total. The minimum Gasteiger partial charge on any atom is -0.494 e. The van der Waals surface area contributed by atoms with Gasteiger partial charge < -0.3 is 10.5 Å². The SMILES string of the molecule is COc1cccc2c1nc(N)n1nc(F)nc21. The minimum absolute atomic E-state index is 0.0633. The van der Waals surface area contributed by atoms with Crippen molar-refractivity contribution in [3.05, 3.63) is 24.3 Å². The van der Waals surface area contributed by atoms with Crippen molar-refractivity contribution < 1.29 is 9.13 Å². The van der Waals surface area contributed by atoms with Crippen LogP contribution in [0, 0.1) is 6.08 Å². The van der Waals surface area contributed by atoms with E-state index in [-0.39, 0.29) is 5.95 Å². The third-order valence-corrected chi connectivity index (χ3v) is 2.48. The van der Waals surface area contributed by atoms with Gasteiger partial charge in [0, 0.05) is 5.39 Å². The summed E-state index contributed by atoms with van der Waals surface area (Å²) in [7, 11) is 1.53. The first-order chi connectivity index (χ1) is 8.20. The highest BCUT2D eigenvalue weighted by Gasteiger charge is 2.13. The van der Waals surface area contributed by atoms with E-state index in [2.05, 4.69) is 15.1 Å². The Labute approximate surface area is 94.8 Å². The van der Waals surface area contributed by atoms with Crippen LogP contribution >= 0.6 is 0 Å². The maximum absolute atomic E-state index is 13.1. The van der Waals surface area contributed by atoms with Gasteiger partial charge in [-0.1, -0.05) is 6.07 Å². The summed E-state index contributed by atoms with van der Waals surface area (Å²) in [6, 6.07) is 5.28. The molecule has 0 aliphatic rings. The lowest BCUT2D eigenvalue weighted by atomic mass is 10.2. The number of hydrogen-bond acceptors (Lipinski definition) is 5. The van der Waals surface area contributed by atoms with Crippen LogP contribution in [0.1, 0.15) is 0 Å². The molecule has 17 heavy (non-hydrogen) atoms. The van der Waals surface area contributed by atoms with Crippen molar-refractivity contribution in [1.29, 1.82) is 0 Å². The van der Waals surface area contributed by atoms with Gasteiger partial charge in [-0.3, -0.25) is 0 Å². The third-order valence-electron chi connectivity index (χ3n) is 2.48. The lowest BCUT2D eigenvalue weighted by Gasteiger charge is -2.06. The summed E-state index contributed by atoms with van der Waals surface area (Å²) in [5.74, 6) is 0.619. The Hall–Kier alpha value is -2.44. The van der Waals surface area contributed by atoms with E-state index in [1.165, 1.54) is 7.11 Å². The molecule has 86 valence electrons. The second-order valence-corrected chi connectivity index (χ2v) is 3.44. The lowest BCUT2D eigenvalue weighted by Crippen LogP contribution is -2.03. The number of benzene rings is 1. The number of fused-ring (bicyclic) bond motifs is 3. The van der Waals surface area contributed by atoms with Gasteiger partial charge in [-0.05, 0) is 12.1 Å². The number of nitrogens with zero attached hydrogens (tertiary/aromatic N) is 4. The van der Waals surface area contributed by atoms with Crippen LogP contribution in [-0.2, 0) is 0 Å². The number of nitrogens with two attached hydrogens (primary N) is 1. The van der Waals surface area contributed by atoms with E-state index >= 15 is 0 Å². The molecule has 3 aromatic rings. The summed E-state index contributed by atoms with van der Waals surface area (Å²) in [5.41, 5.74) is 6.54. The molecule has 0 atom stereocenters. The van der Waals surface area contributed by atoms with Crippen molar-refractivity contribution in [2.24, 2.45) is 0 Å². The highest BCUT2D eigenvalue weighted by molar-refractivity contribution is 5.95. The number of halogens is 1. The van der Waals surface area contributed by atoms with Crippen molar-refractivity contribution in [1.82, 2.24) is 19.6 Å². The van der Waals surface area contributed by atoms with Gasteiger partial charge >= 0.3 is 6.08 Å². The van der Waals surface area contributed by atoms with Crippen molar-refractivity contribution in [3.63, 3.8) is 0 Å². The van der Waals surface area contributed by atoms with Crippen molar-refractivity contribution in [3.8, 4) is 5.75 Å². The number of ether oxygens (including phenoxy) is 1. The topological polar surface area (TPSA) is 78.3 Å². The summed E-state index contributed by atoms with van der Waals surface area (Å²) in [5, 5.41) is 4.16. The lowest BCUT2D eigenvalue weighted by molar-refractivity contribution is 0.419. The zero-order valence-electron chi connectivity index (χ0n) is 8.88. The Balaban J connectivity index is 2.56. The van der Waals surface area contributed by atoms with Crippen LogP contribution in [0.15, 0.2) is 18.2 Å². The number of para-hydroxylation sites is 1. The zero-order valence-corrected chi connectivity index (χ0v) is 8.88. The number of aromatic nitrogens is 4. The van der Waals surface area contributed by atoms with Crippen LogP contribution in [-0.4, -0.2) is 26.7 Å². The van der Waals surface area contributed by atoms with Crippen LogP contribution in [0.25, 0.3) is 16.6 Å². The average Bonchev–Trinajstić information content (AvgIpc) is 2.71. The van der Waals surface area contributed by atoms with Gasteiger partial charge in [-0.15, -0.1) is 5.10 Å². The van der Waals surface area contributed by atoms with Crippen LogP contribution in [0.5, 0.6) is 5.75 Å². The van der Waals surface area contributed by atoms with E-state index in [9.17, 15) is 4.39 Å². The number of methoxy groups -OCH3 is 1. The van der Waals surface area contributed by atoms with Gasteiger partial charge in [0.05, 0.1) is 7.11 Å². The van der Waals surface area contributed by atoms with E-state index in [1.54, 1.807) is 18.2 Å². The predicted molar refractivity (Wildman–Crippen MR) is 59.2 cm³/mol. The van der Waals surface area contributed by atoms with Crippen molar-refractivity contribution in [2.45, 2.75) is 0 Å². The summed E-state index contributed by atoms with van der Waals surface area (Å²) in [4.78, 5) is 7.82. The van der Waals surface area contributed by atoms with Gasteiger partial charge in [-0.25, -0.2) is 4.98 Å². The molecular weight excluding hydrogens is 225 g/mol. The minimum atomic E-state index is -0.839. The Morgan fingerprint density at radius 3 is 2.94 bits per heavy atom. The molecule has 0 aliphatic carbocycles. The molecule has 0 fully saturated rings. The average molecular weight is 233 g/mol. The number of rotatable bonds is 1. The summed E-state index contributed by atoms with van der Waals surface area (Å²) >= 11 is 0. The van der Waals surface area contributed by atoms with Crippen LogP contribution in [0.3, 0.4) is 0 Å². The predicted octanol–water partition coefficient (Wildman–Crippen LogP) is 1.01. The molecule has 0 spiro atoms. The quantitative estimate of drug-likeness (QED) is 0.678. The molecule has 0 unspecified atom stereocenters. The first kappa shape index (κ1) is 9.76. The fourth-order valence-corrected chi connectivity index (χ4v) is 1.77. The molecule has 1 aromatic carbocycles. The summed E-state index contributed by atoms with van der Waals surface area (Å²) < 4.78 is 19.4. The fourth-order valence-electron chi connectivity index (χ4n) is 1.77. The molecule has 2 aromatic heterocycles. The molecule has 0 aliphatic heterocycles. The normalized spacial score (nSPS) is 11.2. The smallest absolute Gasteiger partial charge is 0.328 e. The Morgan fingerprint density at radius 1 is 1.35 bits per heavy atom. The van der Waals surface area contributed by atoms with E-state index in [0.717, 1.165) is 4.52 Å². The number of nitrogen functional groups attached to an aromatic ring is 1. The van der Waals surface area contributed by atoms with Crippen LogP contribution in [0.4, 0.5) is 10.3 Å². The largest absolute Gasteiger partial charge is 0.494 e. The summed E-state index contributed by atoms with van der Waals surface area (Å²) in [6.07, 6.45) is -0.839. The molecule has 7 heteroatoms. The molecular formula is C10H8FN5O. The molecule has 6 nitrogen and oxygen atoms in total. The zero-order chi connectivity index (χ0) is 12.0. The number of anilines is 1. The molecule has 0 saturated heterocycles. The molecule has 0 radical (unpaired) electrons. The van der Waals surface area contributed by atoms with E-state index in [4.69, 9.17) is 10.5 Å². The monoisotopic (exact) mass is 233 g/mol. The van der Waals surface area contributed by atoms with E-state index < -0.39 is 6.08 Å². The second kappa shape index (κ2) is 3.27. The van der Waals surface area contributed by atoms with Crippen LogP contribution in [0.2, 0.25) is 0 Å². The Bertz CT molecular complexity index is 723. The standard InChI is InChI=1S/C10H8FN5O/c1-17-6-4-2-3-5-7(6)13-10(12)16-8(5)14-9(11)15-16/h2-4H,1H3,(H2,12,13). The van der Waals surface area contributed by atoms with E-state index in [1.807, 2.05) is 0 Å². The molecule has 2 heterocycles. The third kappa shape index (κ3) is 1.28. The first-order valence-electron chi connectivity index (χ1n) is 4.85. The van der Waals surface area contributed by atoms with Gasteiger partial charge in [0.1, 0.15) is 11.3 Å². The fraction of sp³-hybridized carbons (Fsp3) is 0.100. The van der Waals surface area contributed by atoms with Crippen LogP contribution < -0.4 is 10.5 Å². The maximum atomic E-state index is 13.1. The maximum Gasteiger partial charge on any atom is 0.328 e. The van der Waals surface area contributed by atoms with E-state index in [0.29, 0.717) is 22.3 Å². The summed E-state index contributed by atoms with van der Waals surface area (Å²) in [6.45, 7) is 0. The highest BCUT2D eigenvalue weighted by Crippen LogP contribution is 2.27. The molecule has 0 saturated carbocycles. The van der Waals surface area contributed by atoms with Crippen molar-refractivity contribution >= 4 is 22.5 Å². The molecule has 0 amide bonds. The van der Waals surface area contributed by atoms with Crippen molar-refractivity contribution in [2.75, 3.05) is 12.8 Å². The van der Waals surface area contributed by atoms with Gasteiger partial charge in [0.2, 0.25) is 5.95 Å².